The van der Waals surface area contributed by atoms with Gasteiger partial charge in [-0.3, -0.25) is 29.1 Å². The topological polar surface area (TPSA) is 159 Å². The van der Waals surface area contributed by atoms with Gasteiger partial charge in [-0.25, -0.2) is 13.2 Å². The molecule has 0 spiro atoms. The van der Waals surface area contributed by atoms with Gasteiger partial charge in [0, 0.05) is 11.1 Å². The Kier molecular flexibility index (Phi) is 17.6. The number of esters is 1. The first kappa shape index (κ1) is 66.3. The van der Waals surface area contributed by atoms with Crippen molar-refractivity contribution in [3.63, 3.8) is 0 Å². The van der Waals surface area contributed by atoms with Crippen LogP contribution in [0.4, 0.5) is 0 Å². The molecule has 5 aliphatic rings. The molecule has 12 aromatic rings. The van der Waals surface area contributed by atoms with Gasteiger partial charge in [-0.05, 0) is 306 Å². The lowest BCUT2D eigenvalue weighted by Gasteiger charge is -2.62. The van der Waals surface area contributed by atoms with Crippen LogP contribution in [-0.2, 0) is 26.1 Å². The molecule has 0 saturated heterocycles. The fourth-order valence-corrected chi connectivity index (χ4v) is 17.7. The second-order valence-corrected chi connectivity index (χ2v) is 29.4. The van der Waals surface area contributed by atoms with Crippen molar-refractivity contribution in [3.8, 4) is 68.6 Å². The van der Waals surface area contributed by atoms with Crippen LogP contribution >= 0.6 is 0 Å². The van der Waals surface area contributed by atoms with Gasteiger partial charge in [0.25, 0.3) is 0 Å². The first-order valence-electron chi connectivity index (χ1n) is 34.7. The SMILES string of the molecule is COc1ccc(C2(c3ccc(OOc4ccc(C56CC7CC(CC(c8ccc(OOc9ccc(C=CC(=O)c%10ccc(OC(=O)c%11ccc(Oc%12ccc(S(=O)(=O)c%13ccc(Oc%14ccc(C(C)=O)cc%14)cc%13)cc%12)cc%11)cc%10)cc9)cc8)(C7)C5)C6)cc4)cc3)c3ccccc3-c3ccccc32)cc1. The number of methoxy groups -OCH3 is 1. The molecule has 4 fully saturated rings. The van der Waals surface area contributed by atoms with Gasteiger partial charge in [0.15, 0.2) is 34.6 Å². The van der Waals surface area contributed by atoms with Crippen LogP contribution in [0.3, 0.4) is 0 Å². The number of allylic oxidation sites excluding steroid dienone is 1. The predicted molar refractivity (Wildman–Crippen MR) is 396 cm³/mol. The van der Waals surface area contributed by atoms with Crippen LogP contribution in [-0.4, -0.2) is 33.1 Å². The Morgan fingerprint density at radius 1 is 0.385 bits per heavy atom. The number of carbonyl (C=O) groups excluding carboxylic acids is 3. The van der Waals surface area contributed by atoms with Crippen molar-refractivity contribution in [2.24, 2.45) is 11.8 Å². The number of hydrogen-bond donors (Lipinski definition) is 0. The van der Waals surface area contributed by atoms with Crippen molar-refractivity contribution >= 4 is 33.4 Å². The smallest absolute Gasteiger partial charge is 0.343 e. The quantitative estimate of drug-likeness (QED) is 0.0149. The van der Waals surface area contributed by atoms with E-state index in [0.29, 0.717) is 69.0 Å². The van der Waals surface area contributed by atoms with E-state index in [9.17, 15) is 22.8 Å². The molecule has 0 aromatic heterocycles. The Bertz CT molecular complexity index is 5250. The Morgan fingerprint density at radius 2 is 0.740 bits per heavy atom. The Labute approximate surface area is 603 Å². The average molecular weight is 1390 g/mol. The van der Waals surface area contributed by atoms with Gasteiger partial charge >= 0.3 is 5.97 Å². The number of hydrogen-bond acceptors (Lipinski definition) is 13. The van der Waals surface area contributed by atoms with Crippen LogP contribution < -0.4 is 38.5 Å². The minimum atomic E-state index is -3.86. The lowest BCUT2D eigenvalue weighted by molar-refractivity contribution is -0.100. The van der Waals surface area contributed by atoms with Gasteiger partial charge in [-0.2, -0.15) is 0 Å². The second kappa shape index (κ2) is 27.6. The lowest BCUT2D eigenvalue weighted by Crippen LogP contribution is -2.55. The van der Waals surface area contributed by atoms with Crippen LogP contribution in [0.15, 0.2) is 307 Å². The van der Waals surface area contributed by atoms with E-state index in [1.54, 1.807) is 122 Å². The third-order valence-corrected chi connectivity index (χ3v) is 22.8. The molecule has 0 heterocycles. The summed E-state index contributed by atoms with van der Waals surface area (Å²) in [7, 11) is -2.16. The van der Waals surface area contributed by atoms with E-state index < -0.39 is 21.2 Å². The second-order valence-electron chi connectivity index (χ2n) is 27.4. The van der Waals surface area contributed by atoms with Crippen molar-refractivity contribution < 1.29 is 61.3 Å². The summed E-state index contributed by atoms with van der Waals surface area (Å²) in [5.74, 6) is 5.60. The maximum atomic E-state index is 13.5. The summed E-state index contributed by atoms with van der Waals surface area (Å²) in [5.41, 5.74) is 11.6. The van der Waals surface area contributed by atoms with E-state index in [2.05, 4.69) is 109 Å². The highest BCUT2D eigenvalue weighted by atomic mass is 32.2. The van der Waals surface area contributed by atoms with E-state index in [1.807, 2.05) is 48.5 Å². The number of ether oxygens (including phenoxy) is 4. The first-order valence-corrected chi connectivity index (χ1v) is 36.2. The van der Waals surface area contributed by atoms with Crippen molar-refractivity contribution in [2.75, 3.05) is 7.11 Å². The molecule has 17 rings (SSSR count). The predicted octanol–water partition coefficient (Wildman–Crippen LogP) is 20.3. The number of sulfone groups is 1. The Balaban J connectivity index is 0.487. The Morgan fingerprint density at radius 3 is 1.16 bits per heavy atom. The van der Waals surface area contributed by atoms with Crippen LogP contribution in [0.2, 0.25) is 0 Å². The molecule has 0 amide bonds. The largest absolute Gasteiger partial charge is 0.497 e. The summed E-state index contributed by atoms with van der Waals surface area (Å²) in [5, 5.41) is 0. The number of carbonyl (C=O) groups is 3. The third kappa shape index (κ3) is 13.0. The minimum absolute atomic E-state index is 0.0548. The van der Waals surface area contributed by atoms with E-state index in [1.165, 1.54) is 103 Å². The van der Waals surface area contributed by atoms with E-state index in [0.717, 1.165) is 28.9 Å². The lowest BCUT2D eigenvalue weighted by atomic mass is 9.42. The number of rotatable bonds is 23. The zero-order valence-corrected chi connectivity index (χ0v) is 57.8. The molecule has 0 N–H and O–H groups in total. The highest BCUT2D eigenvalue weighted by molar-refractivity contribution is 7.91. The molecule has 12 aromatic carbocycles. The standard InChI is InChI=1S/C90H70O13S/c1-59(91)63-14-30-71(31-15-63)97-73-44-48-80(49-45-73)104(94,95)81-50-46-74(47-51-81)98-72-34-18-65(19-35-72)87(93)99-75-32-16-64(17-33-75)86(92)52-13-60-11-28-76(29-12-60)100-101-77-38-20-66(21-39-77)88-54-61-53-62(55-88)57-89(56-61,58-88)67-22-40-78(41-23-67)102-103-79-42-26-69(27-43-79)90(68-24-36-70(96-2)37-25-68)84-9-5-3-7-82(84)83-8-4-6-10-85(83)90/h3-52,61-62H,53-58H2,1-2H3. The summed E-state index contributed by atoms with van der Waals surface area (Å²) < 4.78 is 49.9. The van der Waals surface area contributed by atoms with Crippen molar-refractivity contribution in [1.29, 1.82) is 0 Å². The van der Waals surface area contributed by atoms with Gasteiger partial charge in [0.2, 0.25) is 9.84 Å². The molecule has 2 unspecified atom stereocenters. The van der Waals surface area contributed by atoms with Crippen LogP contribution in [0.25, 0.3) is 17.2 Å². The van der Waals surface area contributed by atoms with Crippen molar-refractivity contribution in [2.45, 2.75) is 71.5 Å². The molecule has 2 atom stereocenters. The molecule has 0 aliphatic heterocycles. The molecule has 0 radical (unpaired) electrons. The van der Waals surface area contributed by atoms with Gasteiger partial charge in [-0.15, -0.1) is 0 Å². The molecule has 5 aliphatic carbocycles. The number of Topliss-reactive ketones (excluding diaryl/α,β-unsaturated/α-hetero) is 1. The maximum absolute atomic E-state index is 13.5. The molecule has 4 saturated carbocycles. The molecule has 13 nitrogen and oxygen atoms in total. The van der Waals surface area contributed by atoms with E-state index in [-0.39, 0.29) is 43.5 Å². The third-order valence-electron chi connectivity index (χ3n) is 21.0. The fourth-order valence-electron chi connectivity index (χ4n) is 16.4. The fraction of sp³-hybridized carbons (Fsp3) is 0.144. The molecule has 14 heteroatoms. The molecule has 104 heavy (non-hydrogen) atoms. The molecule has 514 valence electrons. The minimum Gasteiger partial charge on any atom is -0.497 e. The summed E-state index contributed by atoms with van der Waals surface area (Å²) in [4.78, 5) is 61.8. The van der Waals surface area contributed by atoms with Gasteiger partial charge in [0.05, 0.1) is 27.9 Å². The first-order chi connectivity index (χ1) is 50.7. The summed E-state index contributed by atoms with van der Waals surface area (Å²) in [6, 6.07) is 89.8. The summed E-state index contributed by atoms with van der Waals surface area (Å²) >= 11 is 0. The zero-order valence-electron chi connectivity index (χ0n) is 57.0. The van der Waals surface area contributed by atoms with Crippen LogP contribution in [0, 0.1) is 11.8 Å². The van der Waals surface area contributed by atoms with Crippen molar-refractivity contribution in [1.82, 2.24) is 0 Å². The van der Waals surface area contributed by atoms with Gasteiger partial charge < -0.3 is 18.9 Å². The maximum Gasteiger partial charge on any atom is 0.343 e. The summed E-state index contributed by atoms with van der Waals surface area (Å²) in [6.07, 6.45) is 10.3. The zero-order chi connectivity index (χ0) is 71.0. The summed E-state index contributed by atoms with van der Waals surface area (Å²) in [6.45, 7) is 1.49. The van der Waals surface area contributed by atoms with E-state index >= 15 is 0 Å². The van der Waals surface area contributed by atoms with Crippen molar-refractivity contribution in [3.05, 3.63) is 353 Å². The normalized spacial score (nSPS) is 18.0. The highest BCUT2D eigenvalue weighted by Gasteiger charge is 2.58. The van der Waals surface area contributed by atoms with Gasteiger partial charge in [-0.1, -0.05) is 115 Å². The molecular formula is C90H70O13S. The number of benzene rings is 12. The van der Waals surface area contributed by atoms with Gasteiger partial charge in [0.1, 0.15) is 34.5 Å². The number of ketones is 2. The van der Waals surface area contributed by atoms with Crippen LogP contribution in [0.5, 0.6) is 57.5 Å². The van der Waals surface area contributed by atoms with E-state index in [4.69, 9.17) is 38.5 Å². The monoisotopic (exact) mass is 1390 g/mol. The number of fused-ring (bicyclic) bond motifs is 3. The van der Waals surface area contributed by atoms with Crippen LogP contribution in [0.1, 0.15) is 115 Å². The molecule has 4 bridgehead atoms. The highest BCUT2D eigenvalue weighted by Crippen LogP contribution is 2.66. The average Bonchev–Trinajstić information content (AvgIpc) is 1.45. The Hall–Kier alpha value is -12.3. The molecular weight excluding hydrogens is 1320 g/mol.